The van der Waals surface area contributed by atoms with E-state index >= 15 is 0 Å². The molecule has 0 spiro atoms. The molecule has 0 aliphatic rings. The zero-order valence-electron chi connectivity index (χ0n) is 9.26. The standard InChI is InChI=1S/C10H22O2S/c1-5-7-8-9-13(11,12)10(3,4)6-2/h5-9H2,1-4H3. The van der Waals surface area contributed by atoms with Gasteiger partial charge in [0.1, 0.15) is 0 Å². The maximum Gasteiger partial charge on any atom is 0.155 e. The summed E-state index contributed by atoms with van der Waals surface area (Å²) in [5, 5.41) is 0. The van der Waals surface area contributed by atoms with E-state index in [0.717, 1.165) is 19.3 Å². The molecule has 0 saturated carbocycles. The van der Waals surface area contributed by atoms with Gasteiger partial charge in [0.2, 0.25) is 0 Å². The van der Waals surface area contributed by atoms with Gasteiger partial charge in [-0.25, -0.2) is 8.42 Å². The van der Waals surface area contributed by atoms with Crippen molar-refractivity contribution in [3.63, 3.8) is 0 Å². The molecule has 0 rings (SSSR count). The lowest BCUT2D eigenvalue weighted by molar-refractivity contribution is 0.534. The van der Waals surface area contributed by atoms with Crippen LogP contribution in [0.5, 0.6) is 0 Å². The van der Waals surface area contributed by atoms with Crippen LogP contribution in [0.3, 0.4) is 0 Å². The molecule has 0 aromatic heterocycles. The van der Waals surface area contributed by atoms with Crippen LogP contribution in [0, 0.1) is 0 Å². The number of rotatable bonds is 6. The largest absolute Gasteiger partial charge is 0.228 e. The smallest absolute Gasteiger partial charge is 0.155 e. The molecule has 0 heterocycles. The molecule has 0 unspecified atom stereocenters. The second-order valence-corrected chi connectivity index (χ2v) is 6.88. The third-order valence-electron chi connectivity index (χ3n) is 2.71. The Morgan fingerprint density at radius 1 is 1.08 bits per heavy atom. The van der Waals surface area contributed by atoms with Gasteiger partial charge in [-0.2, -0.15) is 0 Å². The normalized spacial score (nSPS) is 13.2. The van der Waals surface area contributed by atoms with E-state index < -0.39 is 14.6 Å². The summed E-state index contributed by atoms with van der Waals surface area (Å²) in [4.78, 5) is 0. The Kier molecular flexibility index (Phi) is 4.97. The number of hydrogen-bond donors (Lipinski definition) is 0. The van der Waals surface area contributed by atoms with Gasteiger partial charge in [-0.3, -0.25) is 0 Å². The molecule has 2 nitrogen and oxygen atoms in total. The molecular formula is C10H22O2S. The quantitative estimate of drug-likeness (QED) is 0.626. The van der Waals surface area contributed by atoms with Crippen LogP contribution in [-0.4, -0.2) is 18.9 Å². The van der Waals surface area contributed by atoms with Gasteiger partial charge < -0.3 is 0 Å². The van der Waals surface area contributed by atoms with Crippen LogP contribution in [0.4, 0.5) is 0 Å². The minimum Gasteiger partial charge on any atom is -0.228 e. The maximum absolute atomic E-state index is 11.8. The Labute approximate surface area is 82.6 Å². The first-order valence-corrected chi connectivity index (χ1v) is 6.75. The van der Waals surface area contributed by atoms with Gasteiger partial charge in [-0.05, 0) is 26.7 Å². The summed E-state index contributed by atoms with van der Waals surface area (Å²) in [6.07, 6.45) is 3.59. The van der Waals surface area contributed by atoms with E-state index in [0.29, 0.717) is 12.2 Å². The van der Waals surface area contributed by atoms with Crippen molar-refractivity contribution in [3.05, 3.63) is 0 Å². The van der Waals surface area contributed by atoms with E-state index in [9.17, 15) is 8.42 Å². The van der Waals surface area contributed by atoms with Crippen LogP contribution >= 0.6 is 0 Å². The van der Waals surface area contributed by atoms with Crippen LogP contribution in [0.15, 0.2) is 0 Å². The van der Waals surface area contributed by atoms with E-state index in [1.165, 1.54) is 0 Å². The molecule has 0 fully saturated rings. The predicted octanol–water partition coefficient (Wildman–Crippen LogP) is 2.78. The average Bonchev–Trinajstić information content (AvgIpc) is 2.04. The Bertz CT molecular complexity index is 227. The van der Waals surface area contributed by atoms with Crippen molar-refractivity contribution in [2.45, 2.75) is 58.1 Å². The first-order valence-electron chi connectivity index (χ1n) is 5.09. The maximum atomic E-state index is 11.8. The molecule has 0 saturated heterocycles. The first kappa shape index (κ1) is 12.9. The second-order valence-electron chi connectivity index (χ2n) is 4.14. The average molecular weight is 206 g/mol. The molecule has 0 aliphatic heterocycles. The fraction of sp³-hybridized carbons (Fsp3) is 1.00. The molecule has 0 atom stereocenters. The van der Waals surface area contributed by atoms with Crippen molar-refractivity contribution in [1.29, 1.82) is 0 Å². The molecule has 0 radical (unpaired) electrons. The Morgan fingerprint density at radius 3 is 2.00 bits per heavy atom. The zero-order valence-corrected chi connectivity index (χ0v) is 10.1. The number of unbranched alkanes of at least 4 members (excludes halogenated alkanes) is 2. The molecule has 0 aromatic rings. The predicted molar refractivity (Wildman–Crippen MR) is 57.7 cm³/mol. The summed E-state index contributed by atoms with van der Waals surface area (Å²) in [6, 6.07) is 0. The van der Waals surface area contributed by atoms with Gasteiger partial charge in [-0.1, -0.05) is 26.7 Å². The SMILES string of the molecule is CCCCCS(=O)(=O)C(C)(C)CC. The molecule has 13 heavy (non-hydrogen) atoms. The highest BCUT2D eigenvalue weighted by molar-refractivity contribution is 7.92. The molecule has 0 aromatic carbocycles. The van der Waals surface area contributed by atoms with Gasteiger partial charge in [-0.15, -0.1) is 0 Å². The Balaban J connectivity index is 4.24. The van der Waals surface area contributed by atoms with Crippen molar-refractivity contribution < 1.29 is 8.42 Å². The summed E-state index contributed by atoms with van der Waals surface area (Å²) in [7, 11) is -2.88. The topological polar surface area (TPSA) is 34.1 Å². The zero-order chi connectivity index (χ0) is 10.5. The van der Waals surface area contributed by atoms with Crippen molar-refractivity contribution in [1.82, 2.24) is 0 Å². The summed E-state index contributed by atoms with van der Waals surface area (Å²) in [5.74, 6) is 0.349. The minimum absolute atomic E-state index is 0.349. The summed E-state index contributed by atoms with van der Waals surface area (Å²) >= 11 is 0. The van der Waals surface area contributed by atoms with E-state index in [1.807, 2.05) is 20.8 Å². The van der Waals surface area contributed by atoms with Crippen LogP contribution in [0.2, 0.25) is 0 Å². The van der Waals surface area contributed by atoms with Crippen molar-refractivity contribution >= 4 is 9.84 Å². The van der Waals surface area contributed by atoms with E-state index in [1.54, 1.807) is 0 Å². The highest BCUT2D eigenvalue weighted by atomic mass is 32.2. The van der Waals surface area contributed by atoms with Crippen molar-refractivity contribution in [3.8, 4) is 0 Å². The monoisotopic (exact) mass is 206 g/mol. The lowest BCUT2D eigenvalue weighted by Gasteiger charge is -2.22. The highest BCUT2D eigenvalue weighted by Gasteiger charge is 2.31. The van der Waals surface area contributed by atoms with E-state index in [4.69, 9.17) is 0 Å². The fourth-order valence-corrected chi connectivity index (χ4v) is 2.61. The molecule has 0 bridgehead atoms. The number of hydrogen-bond acceptors (Lipinski definition) is 2. The van der Waals surface area contributed by atoms with Crippen molar-refractivity contribution in [2.24, 2.45) is 0 Å². The minimum atomic E-state index is -2.88. The van der Waals surface area contributed by atoms with Gasteiger partial charge in [0.15, 0.2) is 9.84 Å². The second kappa shape index (κ2) is 4.99. The molecule has 80 valence electrons. The van der Waals surface area contributed by atoms with Crippen LogP contribution < -0.4 is 0 Å². The van der Waals surface area contributed by atoms with Gasteiger partial charge in [0, 0.05) is 0 Å². The summed E-state index contributed by atoms with van der Waals surface area (Å²) in [5.41, 5.74) is 0. The highest BCUT2D eigenvalue weighted by Crippen LogP contribution is 2.22. The Hall–Kier alpha value is -0.0500. The summed E-state index contributed by atoms with van der Waals surface area (Å²) in [6.45, 7) is 7.64. The van der Waals surface area contributed by atoms with Crippen LogP contribution in [-0.2, 0) is 9.84 Å². The third-order valence-corrected chi connectivity index (χ3v) is 5.51. The molecular weight excluding hydrogens is 184 g/mol. The third kappa shape index (κ3) is 3.67. The molecule has 0 N–H and O–H groups in total. The van der Waals surface area contributed by atoms with Crippen LogP contribution in [0.25, 0.3) is 0 Å². The van der Waals surface area contributed by atoms with Gasteiger partial charge in [0.25, 0.3) is 0 Å². The molecule has 3 heteroatoms. The molecule has 0 aliphatic carbocycles. The van der Waals surface area contributed by atoms with E-state index in [2.05, 4.69) is 6.92 Å². The van der Waals surface area contributed by atoms with Gasteiger partial charge >= 0.3 is 0 Å². The lowest BCUT2D eigenvalue weighted by Crippen LogP contribution is -2.33. The van der Waals surface area contributed by atoms with Gasteiger partial charge in [0.05, 0.1) is 10.5 Å². The van der Waals surface area contributed by atoms with Crippen LogP contribution in [0.1, 0.15) is 53.4 Å². The lowest BCUT2D eigenvalue weighted by atomic mass is 10.1. The van der Waals surface area contributed by atoms with E-state index in [-0.39, 0.29) is 0 Å². The number of sulfone groups is 1. The fourth-order valence-electron chi connectivity index (χ4n) is 1.04. The molecule has 0 amide bonds. The first-order chi connectivity index (χ1) is 5.87. The Morgan fingerprint density at radius 2 is 1.62 bits per heavy atom. The summed E-state index contributed by atoms with van der Waals surface area (Å²) < 4.78 is 23.0. The van der Waals surface area contributed by atoms with Crippen molar-refractivity contribution in [2.75, 3.05) is 5.75 Å².